The Kier molecular flexibility index (Phi) is 4.17. The summed E-state index contributed by atoms with van der Waals surface area (Å²) < 4.78 is 0. The molecule has 0 aliphatic heterocycles. The predicted octanol–water partition coefficient (Wildman–Crippen LogP) is 2.35. The fourth-order valence-electron chi connectivity index (χ4n) is 1.48. The fourth-order valence-corrected chi connectivity index (χ4v) is 1.48. The first-order chi connectivity index (χ1) is 7.54. The van der Waals surface area contributed by atoms with Crippen molar-refractivity contribution in [2.75, 3.05) is 11.1 Å². The molecule has 0 aromatic heterocycles. The molecule has 0 aliphatic carbocycles. The average Bonchev–Trinajstić information content (AvgIpc) is 2.22. The number of phenols is 1. The third-order valence-electron chi connectivity index (χ3n) is 2.46. The summed E-state index contributed by atoms with van der Waals surface area (Å²) in [7, 11) is 0. The number of nitrogen functional groups attached to an aromatic ring is 1. The van der Waals surface area contributed by atoms with E-state index in [4.69, 9.17) is 5.73 Å². The summed E-state index contributed by atoms with van der Waals surface area (Å²) in [5, 5.41) is 11.9. The highest BCUT2D eigenvalue weighted by Crippen LogP contribution is 2.24. The molecule has 4 N–H and O–H groups in total. The first-order valence-corrected chi connectivity index (χ1v) is 5.44. The Balaban J connectivity index is 2.69. The fraction of sp³-hybridized carbons (Fsp3) is 0.417. The van der Waals surface area contributed by atoms with Crippen LogP contribution >= 0.6 is 0 Å². The minimum atomic E-state index is -0.0424. The molecule has 0 fully saturated rings. The Morgan fingerprint density at radius 3 is 2.81 bits per heavy atom. The molecule has 1 atom stereocenters. The molecule has 0 saturated heterocycles. The van der Waals surface area contributed by atoms with E-state index in [2.05, 4.69) is 5.32 Å². The highest BCUT2D eigenvalue weighted by Gasteiger charge is 2.12. The molecular formula is C12H18N2O2. The van der Waals surface area contributed by atoms with Crippen molar-refractivity contribution >= 4 is 17.3 Å². The van der Waals surface area contributed by atoms with Gasteiger partial charge in [-0.2, -0.15) is 0 Å². The molecule has 4 heteroatoms. The standard InChI is InChI=1S/C12H18N2O2/c1-3-4-8(2)12(16)14-11-6-5-9(15)7-10(11)13/h5-8,15H,3-4,13H2,1-2H3,(H,14,16). The second kappa shape index (κ2) is 5.39. The van der Waals surface area contributed by atoms with E-state index in [0.717, 1.165) is 12.8 Å². The lowest BCUT2D eigenvalue weighted by Gasteiger charge is -2.12. The molecule has 0 radical (unpaired) electrons. The molecular weight excluding hydrogens is 204 g/mol. The van der Waals surface area contributed by atoms with Gasteiger partial charge in [-0.3, -0.25) is 4.79 Å². The highest BCUT2D eigenvalue weighted by molar-refractivity contribution is 5.95. The van der Waals surface area contributed by atoms with Crippen LogP contribution in [0.1, 0.15) is 26.7 Å². The highest BCUT2D eigenvalue weighted by atomic mass is 16.3. The van der Waals surface area contributed by atoms with Crippen LogP contribution in [0, 0.1) is 5.92 Å². The zero-order valence-corrected chi connectivity index (χ0v) is 9.66. The third-order valence-corrected chi connectivity index (χ3v) is 2.46. The maximum absolute atomic E-state index is 11.7. The Morgan fingerprint density at radius 2 is 2.25 bits per heavy atom. The number of nitrogens with one attached hydrogen (secondary N) is 1. The lowest BCUT2D eigenvalue weighted by atomic mass is 10.1. The van der Waals surface area contributed by atoms with Gasteiger partial charge < -0.3 is 16.2 Å². The Bertz CT molecular complexity index is 377. The first-order valence-electron chi connectivity index (χ1n) is 5.44. The number of hydrogen-bond acceptors (Lipinski definition) is 3. The summed E-state index contributed by atoms with van der Waals surface area (Å²) in [6.45, 7) is 3.92. The number of aromatic hydroxyl groups is 1. The second-order valence-electron chi connectivity index (χ2n) is 3.95. The molecule has 88 valence electrons. The van der Waals surface area contributed by atoms with Crippen molar-refractivity contribution in [1.29, 1.82) is 0 Å². The number of phenolic OH excluding ortho intramolecular Hbond substituents is 1. The monoisotopic (exact) mass is 222 g/mol. The Labute approximate surface area is 95.5 Å². The minimum absolute atomic E-state index is 0.0294. The molecule has 1 rings (SSSR count). The molecule has 0 spiro atoms. The van der Waals surface area contributed by atoms with E-state index in [-0.39, 0.29) is 17.6 Å². The number of rotatable bonds is 4. The summed E-state index contributed by atoms with van der Waals surface area (Å²) in [5.74, 6) is 0.0227. The van der Waals surface area contributed by atoms with E-state index >= 15 is 0 Å². The lowest BCUT2D eigenvalue weighted by Crippen LogP contribution is -2.20. The second-order valence-corrected chi connectivity index (χ2v) is 3.95. The van der Waals surface area contributed by atoms with Gasteiger partial charge in [-0.25, -0.2) is 0 Å². The number of carbonyl (C=O) groups excluding carboxylic acids is 1. The van der Waals surface area contributed by atoms with E-state index in [1.807, 2.05) is 13.8 Å². The third kappa shape index (κ3) is 3.15. The summed E-state index contributed by atoms with van der Waals surface area (Å²) in [5.41, 5.74) is 6.59. The van der Waals surface area contributed by atoms with Crippen LogP contribution in [0.5, 0.6) is 5.75 Å². The van der Waals surface area contributed by atoms with Gasteiger partial charge in [0.15, 0.2) is 0 Å². The summed E-state index contributed by atoms with van der Waals surface area (Å²) in [4.78, 5) is 11.7. The molecule has 0 bridgehead atoms. The van der Waals surface area contributed by atoms with Gasteiger partial charge in [-0.15, -0.1) is 0 Å². The predicted molar refractivity (Wildman–Crippen MR) is 65.2 cm³/mol. The number of carbonyl (C=O) groups is 1. The van der Waals surface area contributed by atoms with Crippen LogP contribution in [-0.2, 0) is 4.79 Å². The smallest absolute Gasteiger partial charge is 0.227 e. The maximum Gasteiger partial charge on any atom is 0.227 e. The van der Waals surface area contributed by atoms with Gasteiger partial charge in [0.1, 0.15) is 5.75 Å². The van der Waals surface area contributed by atoms with Crippen LogP contribution in [0.25, 0.3) is 0 Å². The zero-order valence-electron chi connectivity index (χ0n) is 9.66. The first kappa shape index (κ1) is 12.4. The van der Waals surface area contributed by atoms with Gasteiger partial charge in [-0.05, 0) is 18.6 Å². The average molecular weight is 222 g/mol. The van der Waals surface area contributed by atoms with Crippen LogP contribution in [-0.4, -0.2) is 11.0 Å². The van der Waals surface area contributed by atoms with Crippen LogP contribution < -0.4 is 11.1 Å². The van der Waals surface area contributed by atoms with Gasteiger partial charge in [0.2, 0.25) is 5.91 Å². The molecule has 0 saturated carbocycles. The quantitative estimate of drug-likeness (QED) is 0.540. The van der Waals surface area contributed by atoms with Gasteiger partial charge >= 0.3 is 0 Å². The summed E-state index contributed by atoms with van der Waals surface area (Å²) >= 11 is 0. The maximum atomic E-state index is 11.7. The zero-order chi connectivity index (χ0) is 12.1. The topological polar surface area (TPSA) is 75.3 Å². The molecule has 4 nitrogen and oxygen atoms in total. The van der Waals surface area contributed by atoms with E-state index in [9.17, 15) is 9.90 Å². The molecule has 0 heterocycles. The van der Waals surface area contributed by atoms with Crippen LogP contribution in [0.2, 0.25) is 0 Å². The van der Waals surface area contributed by atoms with E-state index in [1.54, 1.807) is 6.07 Å². The normalized spacial score (nSPS) is 12.1. The molecule has 1 amide bonds. The van der Waals surface area contributed by atoms with Crippen molar-refractivity contribution in [1.82, 2.24) is 0 Å². The largest absolute Gasteiger partial charge is 0.508 e. The Hall–Kier alpha value is -1.71. The number of benzene rings is 1. The van der Waals surface area contributed by atoms with Gasteiger partial charge in [0.05, 0.1) is 11.4 Å². The SMILES string of the molecule is CCCC(C)C(=O)Nc1ccc(O)cc1N. The van der Waals surface area contributed by atoms with Crippen LogP contribution in [0.15, 0.2) is 18.2 Å². The van der Waals surface area contributed by atoms with Crippen molar-refractivity contribution < 1.29 is 9.90 Å². The summed E-state index contributed by atoms with van der Waals surface area (Å²) in [6.07, 6.45) is 1.82. The number of hydrogen-bond donors (Lipinski definition) is 3. The van der Waals surface area contributed by atoms with Gasteiger partial charge in [0.25, 0.3) is 0 Å². The number of anilines is 2. The van der Waals surface area contributed by atoms with E-state index in [1.165, 1.54) is 12.1 Å². The molecule has 1 aromatic carbocycles. The van der Waals surface area contributed by atoms with E-state index in [0.29, 0.717) is 11.4 Å². The van der Waals surface area contributed by atoms with Crippen molar-refractivity contribution in [3.63, 3.8) is 0 Å². The van der Waals surface area contributed by atoms with Crippen LogP contribution in [0.4, 0.5) is 11.4 Å². The number of amides is 1. The lowest BCUT2D eigenvalue weighted by molar-refractivity contribution is -0.119. The van der Waals surface area contributed by atoms with Gasteiger partial charge in [0, 0.05) is 12.0 Å². The minimum Gasteiger partial charge on any atom is -0.508 e. The molecule has 0 aliphatic rings. The van der Waals surface area contributed by atoms with E-state index < -0.39 is 0 Å². The van der Waals surface area contributed by atoms with Crippen LogP contribution in [0.3, 0.4) is 0 Å². The summed E-state index contributed by atoms with van der Waals surface area (Å²) in [6, 6.07) is 4.51. The Morgan fingerprint density at radius 1 is 1.56 bits per heavy atom. The number of nitrogens with two attached hydrogens (primary N) is 1. The van der Waals surface area contributed by atoms with Crippen molar-refractivity contribution in [2.24, 2.45) is 5.92 Å². The van der Waals surface area contributed by atoms with Crippen molar-refractivity contribution in [2.45, 2.75) is 26.7 Å². The van der Waals surface area contributed by atoms with Gasteiger partial charge in [-0.1, -0.05) is 20.3 Å². The van der Waals surface area contributed by atoms with Crippen molar-refractivity contribution in [3.8, 4) is 5.75 Å². The molecule has 16 heavy (non-hydrogen) atoms. The van der Waals surface area contributed by atoms with Crippen molar-refractivity contribution in [3.05, 3.63) is 18.2 Å². The molecule has 1 unspecified atom stereocenters. The molecule has 1 aromatic rings.